The van der Waals surface area contributed by atoms with Crippen molar-refractivity contribution in [3.05, 3.63) is 94.4 Å². The van der Waals surface area contributed by atoms with E-state index in [2.05, 4.69) is 10.3 Å². The first-order chi connectivity index (χ1) is 14.5. The van der Waals surface area contributed by atoms with E-state index in [-0.39, 0.29) is 11.0 Å². The van der Waals surface area contributed by atoms with E-state index in [1.807, 2.05) is 48.7 Å². The minimum atomic E-state index is -0.457. The molecule has 0 bridgehead atoms. The molecule has 0 aliphatic rings. The summed E-state index contributed by atoms with van der Waals surface area (Å²) in [5.41, 5.74) is 1.73. The van der Waals surface area contributed by atoms with Crippen molar-refractivity contribution in [2.24, 2.45) is 0 Å². The Hall–Kier alpha value is -3.93. The van der Waals surface area contributed by atoms with Crippen LogP contribution in [0.4, 0.5) is 5.69 Å². The van der Waals surface area contributed by atoms with Crippen LogP contribution in [0.15, 0.2) is 77.7 Å². The van der Waals surface area contributed by atoms with Gasteiger partial charge in [0.2, 0.25) is 5.43 Å². The van der Waals surface area contributed by atoms with Crippen LogP contribution in [0.3, 0.4) is 0 Å². The van der Waals surface area contributed by atoms with Gasteiger partial charge in [0.1, 0.15) is 22.7 Å². The zero-order chi connectivity index (χ0) is 21.1. The fraction of sp³-hybridized carbons (Fsp3) is 0.125. The number of nitrogens with one attached hydrogen (secondary N) is 1. The van der Waals surface area contributed by atoms with Gasteiger partial charge in [0, 0.05) is 24.1 Å². The monoisotopic (exact) mass is 399 g/mol. The topological polar surface area (TPSA) is 73.2 Å². The van der Waals surface area contributed by atoms with E-state index in [4.69, 9.17) is 4.74 Å². The van der Waals surface area contributed by atoms with Gasteiger partial charge < -0.3 is 14.6 Å². The van der Waals surface area contributed by atoms with Gasteiger partial charge in [0.05, 0.1) is 5.39 Å². The Labute approximate surface area is 173 Å². The Morgan fingerprint density at radius 3 is 2.40 bits per heavy atom. The van der Waals surface area contributed by atoms with Crippen LogP contribution in [0.5, 0.6) is 11.5 Å². The number of carbonyl (C=O) groups excluding carboxylic acids is 1. The van der Waals surface area contributed by atoms with Crippen molar-refractivity contribution in [1.82, 2.24) is 9.55 Å². The minimum absolute atomic E-state index is 0.0830. The molecular formula is C24H21N3O3. The van der Waals surface area contributed by atoms with Gasteiger partial charge in [0.15, 0.2) is 0 Å². The molecule has 0 atom stereocenters. The summed E-state index contributed by atoms with van der Waals surface area (Å²) in [7, 11) is 0. The van der Waals surface area contributed by atoms with Gasteiger partial charge in [-0.1, -0.05) is 18.2 Å². The van der Waals surface area contributed by atoms with Gasteiger partial charge in [-0.25, -0.2) is 4.98 Å². The van der Waals surface area contributed by atoms with Gasteiger partial charge in [-0.2, -0.15) is 0 Å². The summed E-state index contributed by atoms with van der Waals surface area (Å²) in [6, 6.07) is 19.9. The van der Waals surface area contributed by atoms with Crippen LogP contribution < -0.4 is 15.5 Å². The maximum absolute atomic E-state index is 12.9. The second kappa shape index (κ2) is 8.21. The fourth-order valence-electron chi connectivity index (χ4n) is 3.19. The van der Waals surface area contributed by atoms with E-state index >= 15 is 0 Å². The largest absolute Gasteiger partial charge is 0.457 e. The van der Waals surface area contributed by atoms with Crippen molar-refractivity contribution in [2.45, 2.75) is 20.4 Å². The number of carbonyl (C=O) groups is 1. The van der Waals surface area contributed by atoms with Gasteiger partial charge in [-0.3, -0.25) is 9.59 Å². The Morgan fingerprint density at radius 1 is 1.00 bits per heavy atom. The SMILES string of the molecule is CCn1cc(C(=O)Nc2ccc(Oc3ccccc3)cc2)c(=O)c2ccc(C)nc21. The van der Waals surface area contributed by atoms with Crippen molar-refractivity contribution >= 4 is 22.6 Å². The molecule has 0 spiro atoms. The molecule has 0 aliphatic heterocycles. The predicted molar refractivity (Wildman–Crippen MR) is 117 cm³/mol. The molecule has 150 valence electrons. The molecule has 0 saturated heterocycles. The van der Waals surface area contributed by atoms with Crippen molar-refractivity contribution in [2.75, 3.05) is 5.32 Å². The van der Waals surface area contributed by atoms with Gasteiger partial charge in [-0.15, -0.1) is 0 Å². The van der Waals surface area contributed by atoms with Crippen LogP contribution in [0, 0.1) is 6.92 Å². The lowest BCUT2D eigenvalue weighted by Gasteiger charge is -2.12. The van der Waals surface area contributed by atoms with Crippen LogP contribution >= 0.6 is 0 Å². The maximum Gasteiger partial charge on any atom is 0.261 e. The third-order valence-electron chi connectivity index (χ3n) is 4.74. The van der Waals surface area contributed by atoms with Crippen LogP contribution in [0.1, 0.15) is 23.0 Å². The zero-order valence-corrected chi connectivity index (χ0v) is 16.8. The van der Waals surface area contributed by atoms with Crippen LogP contribution in [-0.2, 0) is 6.54 Å². The van der Waals surface area contributed by atoms with Crippen LogP contribution in [-0.4, -0.2) is 15.5 Å². The number of amides is 1. The lowest BCUT2D eigenvalue weighted by atomic mass is 10.1. The Morgan fingerprint density at radius 2 is 1.70 bits per heavy atom. The third-order valence-corrected chi connectivity index (χ3v) is 4.74. The number of nitrogens with zero attached hydrogens (tertiary/aromatic N) is 2. The molecule has 0 unspecified atom stereocenters. The number of hydrogen-bond donors (Lipinski definition) is 1. The first-order valence-electron chi connectivity index (χ1n) is 9.70. The third kappa shape index (κ3) is 3.93. The smallest absolute Gasteiger partial charge is 0.261 e. The molecule has 4 aromatic rings. The molecule has 0 saturated carbocycles. The van der Waals surface area contributed by atoms with Crippen LogP contribution in [0.2, 0.25) is 0 Å². The van der Waals surface area contributed by atoms with E-state index < -0.39 is 5.91 Å². The number of fused-ring (bicyclic) bond motifs is 1. The number of ether oxygens (including phenoxy) is 1. The number of aromatic nitrogens is 2. The highest BCUT2D eigenvalue weighted by atomic mass is 16.5. The first kappa shape index (κ1) is 19.4. The molecule has 6 nitrogen and oxygen atoms in total. The average molecular weight is 399 g/mol. The molecule has 1 N–H and O–H groups in total. The number of benzene rings is 2. The molecule has 30 heavy (non-hydrogen) atoms. The van der Waals surface area contributed by atoms with Gasteiger partial charge in [-0.05, 0) is 62.4 Å². The number of rotatable bonds is 5. The molecule has 4 rings (SSSR count). The summed E-state index contributed by atoms with van der Waals surface area (Å²) in [5, 5.41) is 3.22. The molecule has 0 aliphatic carbocycles. The van der Waals surface area contributed by atoms with Crippen molar-refractivity contribution < 1.29 is 9.53 Å². The Balaban J connectivity index is 1.58. The second-order valence-electron chi connectivity index (χ2n) is 6.88. The molecule has 0 radical (unpaired) electrons. The lowest BCUT2D eigenvalue weighted by molar-refractivity contribution is 0.102. The number of anilines is 1. The maximum atomic E-state index is 12.9. The molecule has 1 amide bonds. The second-order valence-corrected chi connectivity index (χ2v) is 6.88. The van der Waals surface area contributed by atoms with Crippen LogP contribution in [0.25, 0.3) is 11.0 Å². The molecule has 0 fully saturated rings. The quantitative estimate of drug-likeness (QED) is 0.525. The molecule has 2 aromatic heterocycles. The van der Waals surface area contributed by atoms with E-state index in [0.717, 1.165) is 11.4 Å². The standard InChI is InChI=1S/C24H21N3O3/c1-3-27-15-21(22(28)20-14-9-16(2)25-23(20)27)24(29)26-17-10-12-19(13-11-17)30-18-7-5-4-6-8-18/h4-15H,3H2,1-2H3,(H,26,29). The molecule has 2 aromatic carbocycles. The van der Waals surface area contributed by atoms with E-state index in [1.165, 1.54) is 0 Å². The summed E-state index contributed by atoms with van der Waals surface area (Å²) >= 11 is 0. The highest BCUT2D eigenvalue weighted by Crippen LogP contribution is 2.23. The highest BCUT2D eigenvalue weighted by Gasteiger charge is 2.16. The summed E-state index contributed by atoms with van der Waals surface area (Å²) in [6.45, 7) is 4.41. The van der Waals surface area contributed by atoms with Gasteiger partial charge in [0.25, 0.3) is 5.91 Å². The Bertz CT molecular complexity index is 1260. The molecular weight excluding hydrogens is 378 g/mol. The summed E-state index contributed by atoms with van der Waals surface area (Å²) < 4.78 is 7.57. The number of para-hydroxylation sites is 1. The normalized spacial score (nSPS) is 10.7. The van der Waals surface area contributed by atoms with Crippen molar-refractivity contribution in [3.63, 3.8) is 0 Å². The van der Waals surface area contributed by atoms with Crippen molar-refractivity contribution in [1.29, 1.82) is 0 Å². The zero-order valence-electron chi connectivity index (χ0n) is 16.8. The number of hydrogen-bond acceptors (Lipinski definition) is 4. The number of pyridine rings is 2. The minimum Gasteiger partial charge on any atom is -0.457 e. The first-order valence-corrected chi connectivity index (χ1v) is 9.70. The summed E-state index contributed by atoms with van der Waals surface area (Å²) in [6.07, 6.45) is 1.57. The summed E-state index contributed by atoms with van der Waals surface area (Å²) in [4.78, 5) is 30.1. The Kier molecular flexibility index (Phi) is 5.30. The number of aryl methyl sites for hydroxylation is 2. The van der Waals surface area contributed by atoms with E-state index in [1.54, 1.807) is 42.6 Å². The average Bonchev–Trinajstić information content (AvgIpc) is 2.76. The molecule has 6 heteroatoms. The van der Waals surface area contributed by atoms with Gasteiger partial charge >= 0.3 is 0 Å². The lowest BCUT2D eigenvalue weighted by Crippen LogP contribution is -2.24. The van der Waals surface area contributed by atoms with E-state index in [0.29, 0.717) is 29.0 Å². The highest BCUT2D eigenvalue weighted by molar-refractivity contribution is 6.05. The van der Waals surface area contributed by atoms with E-state index in [9.17, 15) is 9.59 Å². The predicted octanol–water partition coefficient (Wildman–Crippen LogP) is 4.77. The van der Waals surface area contributed by atoms with Crippen molar-refractivity contribution in [3.8, 4) is 11.5 Å². The molecule has 2 heterocycles. The fourth-order valence-corrected chi connectivity index (χ4v) is 3.19. The summed E-state index contributed by atoms with van der Waals surface area (Å²) in [5.74, 6) is 0.926.